The molecule has 2 aromatic rings. The van der Waals surface area contributed by atoms with Crippen LogP contribution in [0.3, 0.4) is 0 Å². The van der Waals surface area contributed by atoms with Gasteiger partial charge in [0.2, 0.25) is 0 Å². The third-order valence-electron chi connectivity index (χ3n) is 3.22. The highest BCUT2D eigenvalue weighted by molar-refractivity contribution is 5.64. The molecule has 114 valence electrons. The molecule has 1 heterocycles. The van der Waals surface area contributed by atoms with Crippen molar-refractivity contribution in [2.75, 3.05) is 20.2 Å². The van der Waals surface area contributed by atoms with Crippen molar-refractivity contribution in [2.24, 2.45) is 5.92 Å². The van der Waals surface area contributed by atoms with Crippen LogP contribution in [0, 0.1) is 5.92 Å². The van der Waals surface area contributed by atoms with Crippen LogP contribution in [0.1, 0.15) is 26.2 Å². The average molecular weight is 288 g/mol. The lowest BCUT2D eigenvalue weighted by Crippen LogP contribution is -2.21. The molecule has 21 heavy (non-hydrogen) atoms. The summed E-state index contributed by atoms with van der Waals surface area (Å²) in [4.78, 5) is 4.35. The van der Waals surface area contributed by atoms with E-state index in [2.05, 4.69) is 24.1 Å². The smallest absolute Gasteiger partial charge is 0.194 e. The zero-order chi connectivity index (χ0) is 15.1. The summed E-state index contributed by atoms with van der Waals surface area (Å²) in [7, 11) is 1.66. The summed E-state index contributed by atoms with van der Waals surface area (Å²) in [5.74, 6) is 3.03. The second-order valence-corrected chi connectivity index (χ2v) is 5.52. The molecule has 4 heteroatoms. The standard InChI is InChI=1S/C17H24N2O2/c1-13(2)11-18-10-6-9-17-19-12-16(21-17)14-7-4-5-8-15(14)20-3/h4-5,7-8,12-13,18H,6,9-11H2,1-3H3. The van der Waals surface area contributed by atoms with Gasteiger partial charge >= 0.3 is 0 Å². The molecule has 0 atom stereocenters. The third-order valence-corrected chi connectivity index (χ3v) is 3.22. The molecule has 0 saturated heterocycles. The molecule has 2 rings (SSSR count). The first-order valence-electron chi connectivity index (χ1n) is 7.49. The van der Waals surface area contributed by atoms with Crippen molar-refractivity contribution < 1.29 is 9.15 Å². The van der Waals surface area contributed by atoms with Crippen LogP contribution in [-0.4, -0.2) is 25.2 Å². The van der Waals surface area contributed by atoms with Crippen molar-refractivity contribution in [3.63, 3.8) is 0 Å². The van der Waals surface area contributed by atoms with Crippen molar-refractivity contribution >= 4 is 0 Å². The van der Waals surface area contributed by atoms with Gasteiger partial charge in [-0.05, 0) is 37.6 Å². The predicted molar refractivity (Wildman–Crippen MR) is 84.5 cm³/mol. The van der Waals surface area contributed by atoms with Gasteiger partial charge in [-0.25, -0.2) is 4.98 Å². The summed E-state index contributed by atoms with van der Waals surface area (Å²) >= 11 is 0. The SMILES string of the molecule is COc1ccccc1-c1cnc(CCCNCC(C)C)o1. The number of rotatable bonds is 8. The number of aryl methyl sites for hydroxylation is 1. The van der Waals surface area contributed by atoms with Crippen LogP contribution in [0.4, 0.5) is 0 Å². The Kier molecular flexibility index (Phi) is 5.81. The van der Waals surface area contributed by atoms with E-state index in [1.165, 1.54) is 0 Å². The van der Waals surface area contributed by atoms with E-state index in [0.717, 1.165) is 48.9 Å². The maximum absolute atomic E-state index is 5.82. The van der Waals surface area contributed by atoms with Gasteiger partial charge < -0.3 is 14.5 Å². The third kappa shape index (κ3) is 4.60. The molecule has 0 aliphatic carbocycles. The fourth-order valence-electron chi connectivity index (χ4n) is 2.15. The first-order valence-corrected chi connectivity index (χ1v) is 7.49. The van der Waals surface area contributed by atoms with Gasteiger partial charge in [-0.1, -0.05) is 26.0 Å². The lowest BCUT2D eigenvalue weighted by molar-refractivity contribution is 0.413. The maximum atomic E-state index is 5.82. The topological polar surface area (TPSA) is 47.3 Å². The Labute approximate surface area is 126 Å². The van der Waals surface area contributed by atoms with Gasteiger partial charge in [0.1, 0.15) is 5.75 Å². The summed E-state index contributed by atoms with van der Waals surface area (Å²) in [5.41, 5.74) is 0.941. The molecular weight excluding hydrogens is 264 g/mol. The number of nitrogens with zero attached hydrogens (tertiary/aromatic N) is 1. The van der Waals surface area contributed by atoms with Gasteiger partial charge in [-0.15, -0.1) is 0 Å². The zero-order valence-corrected chi connectivity index (χ0v) is 13.1. The summed E-state index contributed by atoms with van der Waals surface area (Å²) in [6.45, 7) is 6.46. The van der Waals surface area contributed by atoms with E-state index in [-0.39, 0.29) is 0 Å². The first kappa shape index (κ1) is 15.6. The Morgan fingerprint density at radius 1 is 1.29 bits per heavy atom. The minimum atomic E-state index is 0.684. The molecule has 1 N–H and O–H groups in total. The zero-order valence-electron chi connectivity index (χ0n) is 13.1. The molecule has 0 unspecified atom stereocenters. The van der Waals surface area contributed by atoms with E-state index >= 15 is 0 Å². The Morgan fingerprint density at radius 2 is 2.10 bits per heavy atom. The number of hydrogen-bond acceptors (Lipinski definition) is 4. The van der Waals surface area contributed by atoms with E-state index in [9.17, 15) is 0 Å². The van der Waals surface area contributed by atoms with E-state index in [4.69, 9.17) is 9.15 Å². The second-order valence-electron chi connectivity index (χ2n) is 5.52. The van der Waals surface area contributed by atoms with Crippen LogP contribution in [0.5, 0.6) is 5.75 Å². The Balaban J connectivity index is 1.89. The van der Waals surface area contributed by atoms with Crippen LogP contribution >= 0.6 is 0 Å². The minimum absolute atomic E-state index is 0.684. The maximum Gasteiger partial charge on any atom is 0.194 e. The molecule has 0 saturated carbocycles. The van der Waals surface area contributed by atoms with Gasteiger partial charge in [0.15, 0.2) is 11.7 Å². The van der Waals surface area contributed by atoms with Crippen molar-refractivity contribution in [2.45, 2.75) is 26.7 Å². The highest BCUT2D eigenvalue weighted by Crippen LogP contribution is 2.30. The van der Waals surface area contributed by atoms with Gasteiger partial charge in [0.05, 0.1) is 18.9 Å². The number of methoxy groups -OCH3 is 1. The number of aromatic nitrogens is 1. The van der Waals surface area contributed by atoms with E-state index in [0.29, 0.717) is 5.92 Å². The Hall–Kier alpha value is -1.81. The van der Waals surface area contributed by atoms with Gasteiger partial charge in [0.25, 0.3) is 0 Å². The number of oxazole rings is 1. The summed E-state index contributed by atoms with van der Waals surface area (Å²) in [6.07, 6.45) is 3.65. The Bertz CT molecular complexity index is 549. The van der Waals surface area contributed by atoms with Crippen molar-refractivity contribution in [3.8, 4) is 17.1 Å². The normalized spacial score (nSPS) is 11.0. The van der Waals surface area contributed by atoms with E-state index < -0.39 is 0 Å². The van der Waals surface area contributed by atoms with Crippen LogP contribution < -0.4 is 10.1 Å². The van der Waals surface area contributed by atoms with E-state index in [1.54, 1.807) is 13.3 Å². The van der Waals surface area contributed by atoms with Gasteiger partial charge in [-0.3, -0.25) is 0 Å². The van der Waals surface area contributed by atoms with Crippen molar-refractivity contribution in [1.82, 2.24) is 10.3 Å². The molecular formula is C17H24N2O2. The van der Waals surface area contributed by atoms with Gasteiger partial charge in [0, 0.05) is 6.42 Å². The van der Waals surface area contributed by atoms with Crippen LogP contribution in [-0.2, 0) is 6.42 Å². The number of nitrogens with one attached hydrogen (secondary N) is 1. The predicted octanol–water partition coefficient (Wildman–Crippen LogP) is 3.53. The molecule has 4 nitrogen and oxygen atoms in total. The minimum Gasteiger partial charge on any atom is -0.496 e. The quantitative estimate of drug-likeness (QED) is 0.755. The lowest BCUT2D eigenvalue weighted by Gasteiger charge is -2.06. The lowest BCUT2D eigenvalue weighted by atomic mass is 10.1. The van der Waals surface area contributed by atoms with Crippen LogP contribution in [0.25, 0.3) is 11.3 Å². The number of para-hydroxylation sites is 1. The molecule has 0 bridgehead atoms. The summed E-state index contributed by atoms with van der Waals surface area (Å²) in [5, 5.41) is 3.42. The molecule has 0 aliphatic rings. The summed E-state index contributed by atoms with van der Waals surface area (Å²) in [6, 6.07) is 7.82. The molecule has 1 aromatic heterocycles. The fourth-order valence-corrected chi connectivity index (χ4v) is 2.15. The fraction of sp³-hybridized carbons (Fsp3) is 0.471. The van der Waals surface area contributed by atoms with Crippen molar-refractivity contribution in [1.29, 1.82) is 0 Å². The molecule has 0 amide bonds. The molecule has 0 fully saturated rings. The van der Waals surface area contributed by atoms with Crippen LogP contribution in [0.2, 0.25) is 0 Å². The monoisotopic (exact) mass is 288 g/mol. The highest BCUT2D eigenvalue weighted by atomic mass is 16.5. The number of hydrogen-bond donors (Lipinski definition) is 1. The van der Waals surface area contributed by atoms with Crippen LogP contribution in [0.15, 0.2) is 34.9 Å². The second kappa shape index (κ2) is 7.84. The number of benzene rings is 1. The van der Waals surface area contributed by atoms with Gasteiger partial charge in [-0.2, -0.15) is 0 Å². The molecule has 0 aliphatic heterocycles. The highest BCUT2D eigenvalue weighted by Gasteiger charge is 2.10. The van der Waals surface area contributed by atoms with Crippen molar-refractivity contribution in [3.05, 3.63) is 36.4 Å². The number of ether oxygens (including phenoxy) is 1. The Morgan fingerprint density at radius 3 is 2.86 bits per heavy atom. The molecule has 0 spiro atoms. The summed E-state index contributed by atoms with van der Waals surface area (Å²) < 4.78 is 11.2. The molecule has 0 radical (unpaired) electrons. The average Bonchev–Trinajstić information content (AvgIpc) is 2.95. The first-order chi connectivity index (χ1) is 10.2. The largest absolute Gasteiger partial charge is 0.496 e. The van der Waals surface area contributed by atoms with E-state index in [1.807, 2.05) is 24.3 Å². The molecule has 1 aromatic carbocycles.